The molecule has 2 aromatic carbocycles. The van der Waals surface area contributed by atoms with Crippen LogP contribution in [0.25, 0.3) is 16.8 Å². The van der Waals surface area contributed by atoms with E-state index in [-0.39, 0.29) is 0 Å². The molecule has 188 valence electrons. The Morgan fingerprint density at radius 2 is 2.06 bits per heavy atom. The average molecular weight is 526 g/mol. The number of aromatic nitrogens is 3. The minimum Gasteiger partial charge on any atom is -0.490 e. The highest BCUT2D eigenvalue weighted by atomic mass is 35.5. The molecule has 0 spiro atoms. The van der Waals surface area contributed by atoms with Gasteiger partial charge in [0.1, 0.15) is 12.4 Å². The number of hydrogen-bond acceptors (Lipinski definition) is 7. The predicted octanol–water partition coefficient (Wildman–Crippen LogP) is 5.11. The third-order valence-corrected chi connectivity index (χ3v) is 8.73. The third-order valence-electron chi connectivity index (χ3n) is 6.27. The fraction of sp³-hybridized carbons (Fsp3) is 0.308. The number of benzene rings is 2. The summed E-state index contributed by atoms with van der Waals surface area (Å²) < 4.78 is 33.1. The average Bonchev–Trinajstić information content (AvgIpc) is 3.54. The van der Waals surface area contributed by atoms with Crippen molar-refractivity contribution in [3.63, 3.8) is 0 Å². The number of halogens is 1. The lowest BCUT2D eigenvalue weighted by atomic mass is 10.2. The number of anilines is 2. The molecule has 0 aliphatic carbocycles. The largest absolute Gasteiger partial charge is 0.490 e. The topological polar surface area (TPSA) is 97.6 Å². The first kappa shape index (κ1) is 24.5. The number of sulfone groups is 1. The van der Waals surface area contributed by atoms with Crippen LogP contribution in [0.15, 0.2) is 65.7 Å². The number of ether oxygens (including phenoxy) is 1. The van der Waals surface area contributed by atoms with Crippen LogP contribution in [0.3, 0.4) is 0 Å². The van der Waals surface area contributed by atoms with Crippen LogP contribution in [0, 0.1) is 0 Å². The lowest BCUT2D eigenvalue weighted by Gasteiger charge is -2.14. The monoisotopic (exact) mass is 525 g/mol. The van der Waals surface area contributed by atoms with E-state index in [9.17, 15) is 8.42 Å². The second-order valence-corrected chi connectivity index (χ2v) is 12.0. The molecule has 4 aromatic rings. The van der Waals surface area contributed by atoms with E-state index >= 15 is 0 Å². The highest BCUT2D eigenvalue weighted by Gasteiger charge is 2.20. The Kier molecular flexibility index (Phi) is 6.87. The molecule has 0 bridgehead atoms. The third kappa shape index (κ3) is 5.04. The van der Waals surface area contributed by atoms with Gasteiger partial charge in [-0.25, -0.2) is 17.9 Å². The molecule has 1 saturated heterocycles. The standard InChI is InChI=1S/C26H28ClN5O3S/c1-17(2)36(33,34)22-7-3-5-18(13-22)24-11-9-21-15-29-26(31-32(21)24)30-19-8-10-23(27)25(14-19)35-16-20-6-4-12-28-20/h3,5,7-11,13-15,17,20,28H,4,6,12,16H2,1-2H3,(H,30,31)/t20-/m0/s1. The van der Waals surface area contributed by atoms with Gasteiger partial charge in [-0.15, -0.1) is 5.10 Å². The van der Waals surface area contributed by atoms with E-state index < -0.39 is 15.1 Å². The van der Waals surface area contributed by atoms with Crippen molar-refractivity contribution in [2.45, 2.75) is 42.9 Å². The van der Waals surface area contributed by atoms with Crippen molar-refractivity contribution < 1.29 is 13.2 Å². The van der Waals surface area contributed by atoms with Crippen molar-refractivity contribution in [1.29, 1.82) is 0 Å². The van der Waals surface area contributed by atoms with Crippen molar-refractivity contribution in [3.8, 4) is 17.0 Å². The number of fused-ring (bicyclic) bond motifs is 1. The van der Waals surface area contributed by atoms with Gasteiger partial charge in [0.05, 0.1) is 32.6 Å². The molecular formula is C26H28ClN5O3S. The van der Waals surface area contributed by atoms with Crippen molar-refractivity contribution in [2.24, 2.45) is 0 Å². The first-order chi connectivity index (χ1) is 17.3. The predicted molar refractivity (Wildman–Crippen MR) is 142 cm³/mol. The minimum atomic E-state index is -3.39. The minimum absolute atomic E-state index is 0.291. The maximum atomic E-state index is 12.7. The summed E-state index contributed by atoms with van der Waals surface area (Å²) in [6.07, 6.45) is 3.96. The molecule has 1 fully saturated rings. The van der Waals surface area contributed by atoms with Crippen LogP contribution in [-0.4, -0.2) is 47.5 Å². The number of hydrogen-bond donors (Lipinski definition) is 2. The van der Waals surface area contributed by atoms with Crippen LogP contribution in [0.5, 0.6) is 5.75 Å². The Morgan fingerprint density at radius 1 is 1.19 bits per heavy atom. The number of nitrogens with one attached hydrogen (secondary N) is 2. The van der Waals surface area contributed by atoms with E-state index in [0.29, 0.717) is 34.3 Å². The molecule has 3 heterocycles. The Bertz CT molecular complexity index is 1500. The Balaban J connectivity index is 1.41. The van der Waals surface area contributed by atoms with E-state index in [1.165, 1.54) is 0 Å². The summed E-state index contributed by atoms with van der Waals surface area (Å²) in [6.45, 7) is 4.93. The van der Waals surface area contributed by atoms with Gasteiger partial charge in [0.25, 0.3) is 0 Å². The fourth-order valence-corrected chi connectivity index (χ4v) is 5.47. The summed E-state index contributed by atoms with van der Waals surface area (Å²) in [4.78, 5) is 4.72. The Hall–Kier alpha value is -3.14. The molecule has 10 heteroatoms. The first-order valence-electron chi connectivity index (χ1n) is 11.9. The van der Waals surface area contributed by atoms with E-state index in [2.05, 4.69) is 20.7 Å². The molecule has 36 heavy (non-hydrogen) atoms. The van der Waals surface area contributed by atoms with Crippen molar-refractivity contribution in [3.05, 3.63) is 65.8 Å². The van der Waals surface area contributed by atoms with Crippen LogP contribution in [-0.2, 0) is 9.84 Å². The van der Waals surface area contributed by atoms with Crippen molar-refractivity contribution in [2.75, 3.05) is 18.5 Å². The second kappa shape index (κ2) is 10.1. The SMILES string of the molecule is CC(C)S(=O)(=O)c1cccc(-c2ccc3cnc(Nc4ccc(Cl)c(OC[C@@H]5CCCN5)c4)nn23)c1. The van der Waals surface area contributed by atoms with Gasteiger partial charge in [-0.3, -0.25) is 0 Å². The number of nitrogens with zero attached hydrogens (tertiary/aromatic N) is 3. The van der Waals surface area contributed by atoms with Crippen molar-refractivity contribution >= 4 is 38.6 Å². The highest BCUT2D eigenvalue weighted by Crippen LogP contribution is 2.30. The zero-order valence-electron chi connectivity index (χ0n) is 20.1. The van der Waals surface area contributed by atoms with E-state index in [4.69, 9.17) is 16.3 Å². The zero-order chi connectivity index (χ0) is 25.3. The molecule has 0 unspecified atom stereocenters. The van der Waals surface area contributed by atoms with Crippen LogP contribution in [0.4, 0.5) is 11.6 Å². The summed E-state index contributed by atoms with van der Waals surface area (Å²) in [5.41, 5.74) is 3.05. The maximum absolute atomic E-state index is 12.7. The molecule has 5 rings (SSSR count). The molecule has 1 aliphatic heterocycles. The molecule has 1 atom stereocenters. The van der Waals surface area contributed by atoms with Crippen LogP contribution < -0.4 is 15.4 Å². The first-order valence-corrected chi connectivity index (χ1v) is 13.9. The summed E-state index contributed by atoms with van der Waals surface area (Å²) in [6, 6.07) is 16.5. The summed E-state index contributed by atoms with van der Waals surface area (Å²) in [7, 11) is -3.39. The molecule has 0 saturated carbocycles. The molecule has 1 aliphatic rings. The zero-order valence-corrected chi connectivity index (χ0v) is 21.7. The highest BCUT2D eigenvalue weighted by molar-refractivity contribution is 7.92. The fourth-order valence-electron chi connectivity index (χ4n) is 4.19. The van der Waals surface area contributed by atoms with E-state index in [0.717, 1.165) is 41.8 Å². The van der Waals surface area contributed by atoms with Gasteiger partial charge in [-0.1, -0.05) is 23.7 Å². The van der Waals surface area contributed by atoms with Gasteiger partial charge in [-0.05, 0) is 69.6 Å². The van der Waals surface area contributed by atoms with Crippen LogP contribution in [0.2, 0.25) is 5.02 Å². The Morgan fingerprint density at radius 3 is 2.83 bits per heavy atom. The van der Waals surface area contributed by atoms with Crippen LogP contribution >= 0.6 is 11.6 Å². The van der Waals surface area contributed by atoms with Gasteiger partial charge in [-0.2, -0.15) is 0 Å². The van der Waals surface area contributed by atoms with Gasteiger partial charge >= 0.3 is 0 Å². The molecule has 2 N–H and O–H groups in total. The molecule has 2 aromatic heterocycles. The normalized spacial score (nSPS) is 16.1. The molecular weight excluding hydrogens is 498 g/mol. The second-order valence-electron chi connectivity index (χ2n) is 9.13. The Labute approximate surface area is 215 Å². The summed E-state index contributed by atoms with van der Waals surface area (Å²) in [5, 5.41) is 11.3. The lowest BCUT2D eigenvalue weighted by Crippen LogP contribution is -2.28. The molecule has 0 amide bonds. The van der Waals surface area contributed by atoms with Gasteiger partial charge in [0.2, 0.25) is 5.95 Å². The maximum Gasteiger partial charge on any atom is 0.245 e. The quantitative estimate of drug-likeness (QED) is 0.330. The molecule has 8 nitrogen and oxygen atoms in total. The van der Waals surface area contributed by atoms with Gasteiger partial charge in [0.15, 0.2) is 9.84 Å². The van der Waals surface area contributed by atoms with E-state index in [1.54, 1.807) is 48.8 Å². The van der Waals surface area contributed by atoms with Gasteiger partial charge in [0, 0.05) is 23.4 Å². The van der Waals surface area contributed by atoms with Crippen LogP contribution in [0.1, 0.15) is 26.7 Å². The smallest absolute Gasteiger partial charge is 0.245 e. The van der Waals surface area contributed by atoms with Crippen molar-refractivity contribution in [1.82, 2.24) is 19.9 Å². The summed E-state index contributed by atoms with van der Waals surface area (Å²) >= 11 is 6.35. The molecule has 0 radical (unpaired) electrons. The van der Waals surface area contributed by atoms with Gasteiger partial charge < -0.3 is 15.4 Å². The van der Waals surface area contributed by atoms with E-state index in [1.807, 2.05) is 30.3 Å². The lowest BCUT2D eigenvalue weighted by molar-refractivity contribution is 0.277. The summed E-state index contributed by atoms with van der Waals surface area (Å²) in [5.74, 6) is 0.984. The number of rotatable bonds is 8.